The van der Waals surface area contributed by atoms with Crippen LogP contribution in [0.4, 0.5) is 5.69 Å². The summed E-state index contributed by atoms with van der Waals surface area (Å²) in [6.45, 7) is 1.17. The lowest BCUT2D eigenvalue weighted by Gasteiger charge is -2.23. The molecule has 0 bridgehead atoms. The number of fused-ring (bicyclic) bond motifs is 3. The number of anilines is 1. The number of nitrogens with one attached hydrogen (secondary N) is 1. The molecule has 0 radical (unpaired) electrons. The molecule has 122 valence electrons. The van der Waals surface area contributed by atoms with Gasteiger partial charge in [0.15, 0.2) is 23.0 Å². The van der Waals surface area contributed by atoms with E-state index >= 15 is 0 Å². The summed E-state index contributed by atoms with van der Waals surface area (Å²) in [7, 11) is 3.36. The summed E-state index contributed by atoms with van der Waals surface area (Å²) in [6, 6.07) is 8.33. The molecule has 0 spiro atoms. The van der Waals surface area contributed by atoms with Crippen molar-refractivity contribution in [2.45, 2.75) is 6.42 Å². The molecule has 2 heterocycles. The van der Waals surface area contributed by atoms with Gasteiger partial charge in [0.2, 0.25) is 6.79 Å². The molecule has 3 aromatic carbocycles. The summed E-state index contributed by atoms with van der Waals surface area (Å²) in [4.78, 5) is 0. The summed E-state index contributed by atoms with van der Waals surface area (Å²) in [5.74, 6) is 3.07. The summed E-state index contributed by atoms with van der Waals surface area (Å²) < 4.78 is 22.4. The van der Waals surface area contributed by atoms with Crippen LogP contribution in [0.1, 0.15) is 5.56 Å². The van der Waals surface area contributed by atoms with E-state index in [9.17, 15) is 0 Å². The number of hydrogen-bond acceptors (Lipinski definition) is 5. The molecular weight excluding hydrogens is 306 g/mol. The van der Waals surface area contributed by atoms with E-state index < -0.39 is 0 Å². The third kappa shape index (κ3) is 1.69. The van der Waals surface area contributed by atoms with Crippen molar-refractivity contribution in [1.29, 1.82) is 0 Å². The van der Waals surface area contributed by atoms with E-state index in [0.29, 0.717) is 0 Å². The Bertz CT molecular complexity index is 996. The van der Waals surface area contributed by atoms with Crippen molar-refractivity contribution in [2.24, 2.45) is 0 Å². The molecule has 0 aliphatic carbocycles. The van der Waals surface area contributed by atoms with Gasteiger partial charge in [0.1, 0.15) is 0 Å². The molecule has 0 fully saturated rings. The third-order valence-corrected chi connectivity index (χ3v) is 4.84. The highest BCUT2D eigenvalue weighted by atomic mass is 16.7. The molecule has 0 atom stereocenters. The van der Waals surface area contributed by atoms with Gasteiger partial charge in [0, 0.05) is 23.0 Å². The smallest absolute Gasteiger partial charge is 0.231 e. The van der Waals surface area contributed by atoms with Gasteiger partial charge in [-0.3, -0.25) is 0 Å². The standard InChI is InChI=1S/C19H17NO4/c1-21-16-6-10-3-4-20-13-5-11-7-14-15(24-9-23-14)8-12(11)18(17(10)13)19(16)22-2/h5-8,20H,3-4,9H2,1-2H3. The maximum absolute atomic E-state index is 5.73. The average molecular weight is 323 g/mol. The second-order valence-electron chi connectivity index (χ2n) is 6.05. The van der Waals surface area contributed by atoms with Gasteiger partial charge in [-0.1, -0.05) is 0 Å². The molecular formula is C19H17NO4. The normalized spacial score (nSPS) is 14.8. The minimum atomic E-state index is 0.264. The molecule has 24 heavy (non-hydrogen) atoms. The van der Waals surface area contributed by atoms with Gasteiger partial charge >= 0.3 is 0 Å². The van der Waals surface area contributed by atoms with Crippen molar-refractivity contribution >= 4 is 27.2 Å². The number of ether oxygens (including phenoxy) is 4. The van der Waals surface area contributed by atoms with Gasteiger partial charge in [-0.05, 0) is 47.0 Å². The SMILES string of the molecule is COc1cc2c3c(cc4cc5c(cc4c3c1OC)OCO5)NCC2. The molecule has 2 aliphatic heterocycles. The first kappa shape index (κ1) is 13.6. The molecule has 1 N–H and O–H groups in total. The van der Waals surface area contributed by atoms with E-state index in [1.165, 1.54) is 10.9 Å². The largest absolute Gasteiger partial charge is 0.493 e. The van der Waals surface area contributed by atoms with E-state index in [4.69, 9.17) is 18.9 Å². The van der Waals surface area contributed by atoms with Gasteiger partial charge < -0.3 is 24.3 Å². The summed E-state index contributed by atoms with van der Waals surface area (Å²) in [5.41, 5.74) is 2.40. The van der Waals surface area contributed by atoms with Crippen LogP contribution in [0.5, 0.6) is 23.0 Å². The summed E-state index contributed by atoms with van der Waals surface area (Å²) in [6.07, 6.45) is 0.958. The molecule has 0 saturated carbocycles. The first-order chi connectivity index (χ1) is 11.8. The number of benzene rings is 3. The van der Waals surface area contributed by atoms with Gasteiger partial charge in [-0.15, -0.1) is 0 Å². The Morgan fingerprint density at radius 2 is 1.79 bits per heavy atom. The van der Waals surface area contributed by atoms with E-state index in [0.717, 1.165) is 57.8 Å². The highest BCUT2D eigenvalue weighted by molar-refractivity contribution is 6.18. The van der Waals surface area contributed by atoms with Gasteiger partial charge in [0.05, 0.1) is 14.2 Å². The van der Waals surface area contributed by atoms with Crippen LogP contribution in [0.25, 0.3) is 21.5 Å². The Morgan fingerprint density at radius 1 is 0.958 bits per heavy atom. The van der Waals surface area contributed by atoms with Crippen molar-refractivity contribution < 1.29 is 18.9 Å². The van der Waals surface area contributed by atoms with Gasteiger partial charge in [0.25, 0.3) is 0 Å². The number of methoxy groups -OCH3 is 2. The topological polar surface area (TPSA) is 49.0 Å². The second kappa shape index (κ2) is 4.84. The Balaban J connectivity index is 2.01. The van der Waals surface area contributed by atoms with Crippen LogP contribution in [0.3, 0.4) is 0 Å². The molecule has 2 aliphatic rings. The monoisotopic (exact) mass is 323 g/mol. The lowest BCUT2D eigenvalue weighted by atomic mass is 9.91. The van der Waals surface area contributed by atoms with E-state index in [1.54, 1.807) is 14.2 Å². The second-order valence-corrected chi connectivity index (χ2v) is 6.05. The highest BCUT2D eigenvalue weighted by Crippen LogP contribution is 2.48. The van der Waals surface area contributed by atoms with Crippen LogP contribution in [0.2, 0.25) is 0 Å². The highest BCUT2D eigenvalue weighted by Gasteiger charge is 2.23. The Kier molecular flexibility index (Phi) is 2.74. The molecule has 3 aromatic rings. The lowest BCUT2D eigenvalue weighted by Crippen LogP contribution is -2.12. The molecule has 0 saturated heterocycles. The third-order valence-electron chi connectivity index (χ3n) is 4.84. The van der Waals surface area contributed by atoms with Crippen LogP contribution in [-0.2, 0) is 6.42 Å². The van der Waals surface area contributed by atoms with E-state index in [-0.39, 0.29) is 6.79 Å². The average Bonchev–Trinajstić information content (AvgIpc) is 3.06. The van der Waals surface area contributed by atoms with Gasteiger partial charge in [-0.25, -0.2) is 0 Å². The van der Waals surface area contributed by atoms with Gasteiger partial charge in [-0.2, -0.15) is 0 Å². The maximum atomic E-state index is 5.73. The summed E-state index contributed by atoms with van der Waals surface area (Å²) >= 11 is 0. The maximum Gasteiger partial charge on any atom is 0.231 e. The van der Waals surface area contributed by atoms with Crippen LogP contribution in [-0.4, -0.2) is 27.6 Å². The van der Waals surface area contributed by atoms with Crippen molar-refractivity contribution in [1.82, 2.24) is 0 Å². The predicted molar refractivity (Wildman–Crippen MR) is 92.9 cm³/mol. The zero-order valence-corrected chi connectivity index (χ0v) is 13.6. The van der Waals surface area contributed by atoms with Crippen molar-refractivity contribution in [3.8, 4) is 23.0 Å². The van der Waals surface area contributed by atoms with Crippen molar-refractivity contribution in [3.05, 3.63) is 29.8 Å². The fourth-order valence-corrected chi connectivity index (χ4v) is 3.80. The minimum absolute atomic E-state index is 0.264. The zero-order chi connectivity index (χ0) is 16.3. The van der Waals surface area contributed by atoms with Crippen LogP contribution >= 0.6 is 0 Å². The van der Waals surface area contributed by atoms with Crippen molar-refractivity contribution in [2.75, 3.05) is 32.9 Å². The quantitative estimate of drug-likeness (QED) is 0.729. The first-order valence-electron chi connectivity index (χ1n) is 7.98. The Labute approximate surface area is 139 Å². The fourth-order valence-electron chi connectivity index (χ4n) is 3.80. The zero-order valence-electron chi connectivity index (χ0n) is 13.6. The Morgan fingerprint density at radius 3 is 2.58 bits per heavy atom. The van der Waals surface area contributed by atoms with Crippen LogP contribution in [0, 0.1) is 0 Å². The predicted octanol–water partition coefficient (Wildman–Crippen LogP) is 3.71. The van der Waals surface area contributed by atoms with E-state index in [1.807, 2.05) is 12.1 Å². The number of hydrogen-bond donors (Lipinski definition) is 1. The molecule has 0 amide bonds. The Hall–Kier alpha value is -2.82. The minimum Gasteiger partial charge on any atom is -0.493 e. The first-order valence-corrected chi connectivity index (χ1v) is 7.98. The lowest BCUT2D eigenvalue weighted by molar-refractivity contribution is 0.174. The van der Waals surface area contributed by atoms with E-state index in [2.05, 4.69) is 17.4 Å². The molecule has 0 aromatic heterocycles. The molecule has 5 heteroatoms. The van der Waals surface area contributed by atoms with Crippen LogP contribution in [0.15, 0.2) is 24.3 Å². The van der Waals surface area contributed by atoms with Crippen LogP contribution < -0.4 is 24.3 Å². The van der Waals surface area contributed by atoms with Crippen molar-refractivity contribution in [3.63, 3.8) is 0 Å². The molecule has 5 rings (SSSR count). The fraction of sp³-hybridized carbons (Fsp3) is 0.263. The number of rotatable bonds is 2. The molecule has 0 unspecified atom stereocenters. The molecule has 5 nitrogen and oxygen atoms in total. The summed E-state index contributed by atoms with van der Waals surface area (Å²) in [5, 5.41) is 7.94.